The summed E-state index contributed by atoms with van der Waals surface area (Å²) in [5.41, 5.74) is 6.15. The van der Waals surface area contributed by atoms with E-state index in [0.717, 1.165) is 19.4 Å². The highest BCUT2D eigenvalue weighted by molar-refractivity contribution is 6.31. The first-order valence-corrected chi connectivity index (χ1v) is 6.21. The fourth-order valence-corrected chi connectivity index (χ4v) is 1.42. The molecule has 0 spiro atoms. The van der Waals surface area contributed by atoms with Crippen LogP contribution in [-0.4, -0.2) is 24.8 Å². The van der Waals surface area contributed by atoms with Crippen molar-refractivity contribution in [3.63, 3.8) is 0 Å². The second kappa shape index (κ2) is 8.28. The van der Waals surface area contributed by atoms with Crippen molar-refractivity contribution in [1.29, 1.82) is 0 Å². The molecule has 2 N–H and O–H groups in total. The Balaban J connectivity index is 2.27. The molecule has 0 unspecified atom stereocenters. The van der Waals surface area contributed by atoms with Gasteiger partial charge in [-0.05, 0) is 12.5 Å². The lowest BCUT2D eigenvalue weighted by Crippen LogP contribution is -2.09. The van der Waals surface area contributed by atoms with E-state index in [1.165, 1.54) is 0 Å². The fourth-order valence-electron chi connectivity index (χ4n) is 1.24. The quantitative estimate of drug-likeness (QED) is 0.728. The van der Waals surface area contributed by atoms with Crippen LogP contribution in [0.4, 0.5) is 0 Å². The first kappa shape index (κ1) is 14.2. The molecular weight excluding hydrogens is 240 g/mol. The number of aromatic nitrogens is 1. The molecule has 5 heteroatoms. The minimum absolute atomic E-state index is 0.309. The molecule has 0 aromatic carbocycles. The summed E-state index contributed by atoms with van der Waals surface area (Å²) in [7, 11) is 0. The van der Waals surface area contributed by atoms with Crippen molar-refractivity contribution in [2.24, 2.45) is 5.73 Å². The maximum absolute atomic E-state index is 5.89. The molecule has 0 saturated carbocycles. The highest BCUT2D eigenvalue weighted by Crippen LogP contribution is 2.17. The van der Waals surface area contributed by atoms with E-state index in [0.29, 0.717) is 36.4 Å². The largest absolute Gasteiger partial charge is 0.475 e. The minimum Gasteiger partial charge on any atom is -0.475 e. The van der Waals surface area contributed by atoms with Crippen LogP contribution in [0, 0.1) is 0 Å². The Kier molecular flexibility index (Phi) is 6.93. The Morgan fingerprint density at radius 3 is 2.82 bits per heavy atom. The number of pyridine rings is 1. The molecule has 0 amide bonds. The smallest absolute Gasteiger partial charge is 0.213 e. The molecule has 1 heterocycles. The van der Waals surface area contributed by atoms with E-state index in [2.05, 4.69) is 11.9 Å². The number of hydrogen-bond acceptors (Lipinski definition) is 4. The third-order valence-corrected chi connectivity index (χ3v) is 2.55. The maximum atomic E-state index is 5.89. The molecule has 1 rings (SSSR count). The molecule has 0 aliphatic heterocycles. The van der Waals surface area contributed by atoms with Gasteiger partial charge in [0.1, 0.15) is 6.61 Å². The van der Waals surface area contributed by atoms with Crippen LogP contribution in [0.3, 0.4) is 0 Å². The molecule has 0 aliphatic carbocycles. The van der Waals surface area contributed by atoms with Crippen molar-refractivity contribution in [2.75, 3.05) is 19.8 Å². The van der Waals surface area contributed by atoms with Crippen molar-refractivity contribution in [1.82, 2.24) is 4.98 Å². The first-order valence-electron chi connectivity index (χ1n) is 5.84. The number of hydrogen-bond donors (Lipinski definition) is 1. The molecule has 0 saturated heterocycles. The Morgan fingerprint density at radius 1 is 1.29 bits per heavy atom. The van der Waals surface area contributed by atoms with Crippen LogP contribution < -0.4 is 10.5 Å². The van der Waals surface area contributed by atoms with E-state index < -0.39 is 0 Å². The highest BCUT2D eigenvalue weighted by atomic mass is 35.5. The van der Waals surface area contributed by atoms with Gasteiger partial charge in [0.15, 0.2) is 0 Å². The van der Waals surface area contributed by atoms with Crippen LogP contribution in [0.25, 0.3) is 0 Å². The molecule has 1 aromatic rings. The van der Waals surface area contributed by atoms with Crippen molar-refractivity contribution in [3.05, 3.63) is 22.8 Å². The van der Waals surface area contributed by atoms with Crippen LogP contribution in [0.1, 0.15) is 25.5 Å². The lowest BCUT2D eigenvalue weighted by atomic mass is 10.3. The second-order valence-corrected chi connectivity index (χ2v) is 4.00. The van der Waals surface area contributed by atoms with E-state index in [1.807, 2.05) is 0 Å². The van der Waals surface area contributed by atoms with Gasteiger partial charge in [0.2, 0.25) is 5.88 Å². The summed E-state index contributed by atoms with van der Waals surface area (Å²) >= 11 is 5.89. The monoisotopic (exact) mass is 258 g/mol. The van der Waals surface area contributed by atoms with Gasteiger partial charge in [0.05, 0.1) is 17.3 Å². The predicted molar refractivity (Wildman–Crippen MR) is 68.4 cm³/mol. The molecule has 0 atom stereocenters. The van der Waals surface area contributed by atoms with Gasteiger partial charge in [-0.1, -0.05) is 24.9 Å². The number of rotatable bonds is 8. The summed E-state index contributed by atoms with van der Waals surface area (Å²) in [6, 6.07) is 3.47. The average Bonchev–Trinajstić information content (AvgIpc) is 2.35. The number of halogens is 1. The molecule has 0 radical (unpaired) electrons. The fraction of sp³-hybridized carbons (Fsp3) is 0.583. The number of nitrogens with two attached hydrogens (primary N) is 1. The third-order valence-electron chi connectivity index (χ3n) is 2.21. The predicted octanol–water partition coefficient (Wildman–Crippen LogP) is 2.39. The number of unbranched alkanes of at least 4 members (excludes halogenated alkanes) is 1. The molecule has 0 aliphatic rings. The topological polar surface area (TPSA) is 57.4 Å². The Labute approximate surface area is 107 Å². The Morgan fingerprint density at radius 2 is 2.12 bits per heavy atom. The minimum atomic E-state index is 0.309. The zero-order valence-electron chi connectivity index (χ0n) is 10.1. The molecule has 0 fully saturated rings. The van der Waals surface area contributed by atoms with Gasteiger partial charge in [-0.15, -0.1) is 0 Å². The van der Waals surface area contributed by atoms with Crippen molar-refractivity contribution >= 4 is 11.6 Å². The van der Waals surface area contributed by atoms with Crippen LogP contribution in [-0.2, 0) is 11.3 Å². The van der Waals surface area contributed by atoms with Crippen molar-refractivity contribution in [3.8, 4) is 5.88 Å². The van der Waals surface area contributed by atoms with Gasteiger partial charge >= 0.3 is 0 Å². The van der Waals surface area contributed by atoms with Crippen LogP contribution >= 0.6 is 11.6 Å². The maximum Gasteiger partial charge on any atom is 0.213 e. The summed E-state index contributed by atoms with van der Waals surface area (Å²) in [5.74, 6) is 0.536. The lowest BCUT2D eigenvalue weighted by Gasteiger charge is -2.08. The van der Waals surface area contributed by atoms with Gasteiger partial charge < -0.3 is 15.2 Å². The van der Waals surface area contributed by atoms with Gasteiger partial charge in [-0.25, -0.2) is 4.98 Å². The van der Waals surface area contributed by atoms with Crippen LogP contribution in [0.15, 0.2) is 12.1 Å². The summed E-state index contributed by atoms with van der Waals surface area (Å²) in [6.45, 7) is 4.28. The van der Waals surface area contributed by atoms with Crippen LogP contribution in [0.2, 0.25) is 5.02 Å². The van der Waals surface area contributed by atoms with E-state index in [-0.39, 0.29) is 0 Å². The molecule has 0 bridgehead atoms. The SMILES string of the molecule is CCCCOCCOc1ccc(Cl)c(CN)n1. The lowest BCUT2D eigenvalue weighted by molar-refractivity contribution is 0.0964. The highest BCUT2D eigenvalue weighted by Gasteiger charge is 2.02. The van der Waals surface area contributed by atoms with E-state index >= 15 is 0 Å². The third kappa shape index (κ3) is 5.35. The first-order chi connectivity index (χ1) is 8.27. The number of ether oxygens (including phenoxy) is 2. The second-order valence-electron chi connectivity index (χ2n) is 3.60. The van der Waals surface area contributed by atoms with Crippen LogP contribution in [0.5, 0.6) is 5.88 Å². The van der Waals surface area contributed by atoms with E-state index in [4.69, 9.17) is 26.8 Å². The summed E-state index contributed by atoms with van der Waals surface area (Å²) in [5, 5.41) is 0.569. The van der Waals surface area contributed by atoms with E-state index in [1.54, 1.807) is 12.1 Å². The molecular formula is C12H19ClN2O2. The Bertz CT molecular complexity index is 334. The summed E-state index contributed by atoms with van der Waals surface area (Å²) in [6.07, 6.45) is 2.22. The summed E-state index contributed by atoms with van der Waals surface area (Å²) < 4.78 is 10.8. The van der Waals surface area contributed by atoms with Gasteiger partial charge in [-0.2, -0.15) is 0 Å². The van der Waals surface area contributed by atoms with Gasteiger partial charge in [0, 0.05) is 19.2 Å². The molecule has 1 aromatic heterocycles. The molecule has 96 valence electrons. The van der Waals surface area contributed by atoms with Gasteiger partial charge in [-0.3, -0.25) is 0 Å². The molecule has 17 heavy (non-hydrogen) atoms. The van der Waals surface area contributed by atoms with Gasteiger partial charge in [0.25, 0.3) is 0 Å². The normalized spacial score (nSPS) is 10.5. The average molecular weight is 259 g/mol. The zero-order valence-corrected chi connectivity index (χ0v) is 10.9. The number of nitrogens with zero attached hydrogens (tertiary/aromatic N) is 1. The standard InChI is InChI=1S/C12H19ClN2O2/c1-2-3-6-16-7-8-17-12-5-4-10(13)11(9-14)15-12/h4-5H,2-3,6-9,14H2,1H3. The molecule has 4 nitrogen and oxygen atoms in total. The summed E-state index contributed by atoms with van der Waals surface area (Å²) in [4.78, 5) is 4.19. The van der Waals surface area contributed by atoms with E-state index in [9.17, 15) is 0 Å². The Hall–Kier alpha value is -0.840. The van der Waals surface area contributed by atoms with Crippen molar-refractivity contribution in [2.45, 2.75) is 26.3 Å². The zero-order chi connectivity index (χ0) is 12.5. The van der Waals surface area contributed by atoms with Crippen molar-refractivity contribution < 1.29 is 9.47 Å².